The van der Waals surface area contributed by atoms with E-state index in [1.807, 2.05) is 0 Å². The highest BCUT2D eigenvalue weighted by Crippen LogP contribution is 2.12. The maximum Gasteiger partial charge on any atom is 0.241 e. The Hall–Kier alpha value is -2.06. The van der Waals surface area contributed by atoms with Gasteiger partial charge in [-0.2, -0.15) is 0 Å². The summed E-state index contributed by atoms with van der Waals surface area (Å²) in [6, 6.07) is 4.57. The number of hydrogen-bond acceptors (Lipinski definition) is 6. The van der Waals surface area contributed by atoms with E-state index in [1.54, 1.807) is 26.2 Å². The largest absolute Gasteiger partial charge is 0.373 e. The van der Waals surface area contributed by atoms with Crippen molar-refractivity contribution in [2.45, 2.75) is 18.4 Å². The van der Waals surface area contributed by atoms with Crippen LogP contribution in [0.1, 0.15) is 11.5 Å². The van der Waals surface area contributed by atoms with Gasteiger partial charge >= 0.3 is 0 Å². The Morgan fingerprint density at radius 1 is 1.20 bits per heavy atom. The standard InChI is InChI=1S/C12H15N5O2S/c1-9-14-5-3-10(17-9)8-16-20(18,19)11-4-6-15-12(7-11)13-2/h3-7,16H,8H2,1-2H3,(H,13,15). The molecule has 0 spiro atoms. The number of nitrogens with zero attached hydrogens (tertiary/aromatic N) is 3. The van der Waals surface area contributed by atoms with Gasteiger partial charge in [0.05, 0.1) is 17.1 Å². The van der Waals surface area contributed by atoms with E-state index in [1.165, 1.54) is 18.3 Å². The molecule has 0 bridgehead atoms. The number of anilines is 1. The second-order valence-electron chi connectivity index (χ2n) is 4.05. The van der Waals surface area contributed by atoms with Gasteiger partial charge in [-0.1, -0.05) is 0 Å². The lowest BCUT2D eigenvalue weighted by Crippen LogP contribution is -2.24. The molecule has 2 N–H and O–H groups in total. The smallest absolute Gasteiger partial charge is 0.241 e. The van der Waals surface area contributed by atoms with Crippen molar-refractivity contribution in [2.75, 3.05) is 12.4 Å². The number of aryl methyl sites for hydroxylation is 1. The van der Waals surface area contributed by atoms with Gasteiger partial charge in [0.25, 0.3) is 0 Å². The van der Waals surface area contributed by atoms with Crippen LogP contribution >= 0.6 is 0 Å². The first-order chi connectivity index (χ1) is 9.51. The molecule has 106 valence electrons. The third-order valence-corrected chi connectivity index (χ3v) is 3.97. The molecule has 0 aliphatic rings. The molecule has 2 heterocycles. The first-order valence-electron chi connectivity index (χ1n) is 5.93. The fourth-order valence-corrected chi connectivity index (χ4v) is 2.58. The van der Waals surface area contributed by atoms with E-state index in [9.17, 15) is 8.42 Å². The zero-order chi connectivity index (χ0) is 14.6. The van der Waals surface area contributed by atoms with Crippen LogP contribution in [0.4, 0.5) is 5.82 Å². The van der Waals surface area contributed by atoms with Gasteiger partial charge in [0, 0.05) is 25.5 Å². The normalized spacial score (nSPS) is 11.3. The molecule has 0 atom stereocenters. The molecule has 2 rings (SSSR count). The minimum Gasteiger partial charge on any atom is -0.373 e. The minimum atomic E-state index is -3.59. The zero-order valence-electron chi connectivity index (χ0n) is 11.2. The molecule has 0 saturated heterocycles. The van der Waals surface area contributed by atoms with Gasteiger partial charge in [-0.25, -0.2) is 28.1 Å². The van der Waals surface area contributed by atoms with E-state index in [-0.39, 0.29) is 11.4 Å². The summed E-state index contributed by atoms with van der Waals surface area (Å²) in [5.41, 5.74) is 0.615. The summed E-state index contributed by atoms with van der Waals surface area (Å²) in [6.45, 7) is 1.86. The third-order valence-electron chi connectivity index (χ3n) is 2.57. The van der Waals surface area contributed by atoms with E-state index >= 15 is 0 Å². The number of rotatable bonds is 5. The summed E-state index contributed by atoms with van der Waals surface area (Å²) in [6.07, 6.45) is 3.03. The highest BCUT2D eigenvalue weighted by molar-refractivity contribution is 7.89. The molecule has 0 amide bonds. The van der Waals surface area contributed by atoms with Crippen LogP contribution in [0, 0.1) is 6.92 Å². The zero-order valence-corrected chi connectivity index (χ0v) is 12.0. The maximum atomic E-state index is 12.1. The van der Waals surface area contributed by atoms with Crippen molar-refractivity contribution in [3.8, 4) is 0 Å². The van der Waals surface area contributed by atoms with Crippen LogP contribution in [0.5, 0.6) is 0 Å². The Morgan fingerprint density at radius 2 is 1.95 bits per heavy atom. The van der Waals surface area contributed by atoms with E-state index in [0.29, 0.717) is 17.3 Å². The summed E-state index contributed by atoms with van der Waals surface area (Å²) in [4.78, 5) is 12.2. The van der Waals surface area contributed by atoms with Crippen LogP contribution in [-0.2, 0) is 16.6 Å². The Kier molecular flexibility index (Phi) is 4.26. The number of pyridine rings is 1. The second kappa shape index (κ2) is 5.93. The van der Waals surface area contributed by atoms with Gasteiger partial charge in [0.1, 0.15) is 11.6 Å². The Balaban J connectivity index is 2.15. The van der Waals surface area contributed by atoms with Gasteiger partial charge in [0.15, 0.2) is 0 Å². The summed E-state index contributed by atoms with van der Waals surface area (Å²) in [5.74, 6) is 1.09. The lowest BCUT2D eigenvalue weighted by molar-refractivity contribution is 0.580. The quantitative estimate of drug-likeness (QED) is 0.842. The average molecular weight is 293 g/mol. The summed E-state index contributed by atoms with van der Waals surface area (Å²) < 4.78 is 26.8. The fourth-order valence-electron chi connectivity index (χ4n) is 1.57. The van der Waals surface area contributed by atoms with Crippen LogP contribution in [0.3, 0.4) is 0 Å². The highest BCUT2D eigenvalue weighted by atomic mass is 32.2. The number of hydrogen-bond donors (Lipinski definition) is 2. The summed E-state index contributed by atoms with van der Waals surface area (Å²) in [5, 5.41) is 2.80. The van der Waals surface area contributed by atoms with Crippen molar-refractivity contribution in [1.82, 2.24) is 19.7 Å². The van der Waals surface area contributed by atoms with Gasteiger partial charge in [0.2, 0.25) is 10.0 Å². The molecular weight excluding hydrogens is 278 g/mol. The van der Waals surface area contributed by atoms with Crippen molar-refractivity contribution in [1.29, 1.82) is 0 Å². The Morgan fingerprint density at radius 3 is 2.65 bits per heavy atom. The topological polar surface area (TPSA) is 96.9 Å². The molecule has 7 nitrogen and oxygen atoms in total. The molecule has 0 unspecified atom stereocenters. The number of aromatic nitrogens is 3. The Labute approximate surface area is 117 Å². The molecular formula is C12H15N5O2S. The van der Waals surface area contributed by atoms with E-state index in [0.717, 1.165) is 0 Å². The van der Waals surface area contributed by atoms with Crippen LogP contribution in [0.25, 0.3) is 0 Å². The van der Waals surface area contributed by atoms with Gasteiger partial charge in [-0.3, -0.25) is 0 Å². The second-order valence-corrected chi connectivity index (χ2v) is 5.81. The maximum absolute atomic E-state index is 12.1. The van der Waals surface area contributed by atoms with Crippen molar-refractivity contribution in [3.05, 3.63) is 42.1 Å². The van der Waals surface area contributed by atoms with E-state index < -0.39 is 10.0 Å². The van der Waals surface area contributed by atoms with Crippen LogP contribution < -0.4 is 10.0 Å². The lowest BCUT2D eigenvalue weighted by atomic mass is 10.4. The Bertz CT molecular complexity index is 702. The first kappa shape index (κ1) is 14.4. The van der Waals surface area contributed by atoms with Crippen LogP contribution in [0.15, 0.2) is 35.5 Å². The molecule has 0 radical (unpaired) electrons. The summed E-state index contributed by atoms with van der Waals surface area (Å²) in [7, 11) is -1.92. The minimum absolute atomic E-state index is 0.114. The van der Waals surface area contributed by atoms with Gasteiger partial charge in [-0.05, 0) is 19.1 Å². The molecule has 0 aliphatic carbocycles. The van der Waals surface area contributed by atoms with Crippen LogP contribution in [-0.4, -0.2) is 30.4 Å². The van der Waals surface area contributed by atoms with Crippen molar-refractivity contribution in [2.24, 2.45) is 0 Å². The van der Waals surface area contributed by atoms with E-state index in [2.05, 4.69) is 25.0 Å². The third kappa shape index (κ3) is 3.49. The molecule has 0 aliphatic heterocycles. The number of nitrogens with one attached hydrogen (secondary N) is 2. The van der Waals surface area contributed by atoms with Gasteiger partial charge in [-0.15, -0.1) is 0 Å². The average Bonchev–Trinajstić information content (AvgIpc) is 2.45. The van der Waals surface area contributed by atoms with E-state index in [4.69, 9.17) is 0 Å². The molecule has 20 heavy (non-hydrogen) atoms. The summed E-state index contributed by atoms with van der Waals surface area (Å²) >= 11 is 0. The van der Waals surface area contributed by atoms with Crippen molar-refractivity contribution < 1.29 is 8.42 Å². The van der Waals surface area contributed by atoms with Gasteiger partial charge < -0.3 is 5.32 Å². The highest BCUT2D eigenvalue weighted by Gasteiger charge is 2.14. The number of sulfonamides is 1. The lowest BCUT2D eigenvalue weighted by Gasteiger charge is -2.07. The monoisotopic (exact) mass is 293 g/mol. The molecule has 0 fully saturated rings. The van der Waals surface area contributed by atoms with Crippen LogP contribution in [0.2, 0.25) is 0 Å². The predicted octanol–water partition coefficient (Wildman–Crippen LogP) is 0.700. The fraction of sp³-hybridized carbons (Fsp3) is 0.250. The SMILES string of the molecule is CNc1cc(S(=O)(=O)NCc2ccnc(C)n2)ccn1. The van der Waals surface area contributed by atoms with Crippen molar-refractivity contribution >= 4 is 15.8 Å². The predicted molar refractivity (Wildman–Crippen MR) is 74.6 cm³/mol. The molecule has 8 heteroatoms. The molecule has 0 aromatic carbocycles. The first-order valence-corrected chi connectivity index (χ1v) is 7.41. The molecule has 2 aromatic heterocycles. The van der Waals surface area contributed by atoms with Crippen molar-refractivity contribution in [3.63, 3.8) is 0 Å². The molecule has 2 aromatic rings. The molecule has 0 saturated carbocycles.